The van der Waals surface area contributed by atoms with Crippen molar-refractivity contribution in [3.8, 4) is 0 Å². The molecule has 0 saturated heterocycles. The van der Waals surface area contributed by atoms with Gasteiger partial charge in [0.15, 0.2) is 16.6 Å². The van der Waals surface area contributed by atoms with Gasteiger partial charge in [0.2, 0.25) is 8.32 Å². The standard InChI is InChI=1S/C19H46O2Si3/c1-14-17(4)22(8,9)21-24(12,13)19(7,16-3)20-23(10,11)18(5,6)15-2/h17H,14-16H2,1-13H3. The normalized spacial score (nSPS) is 18.4. The molecule has 2 unspecified atom stereocenters. The van der Waals surface area contributed by atoms with E-state index in [1.165, 1.54) is 12.8 Å². The summed E-state index contributed by atoms with van der Waals surface area (Å²) >= 11 is 0. The second-order valence-corrected chi connectivity index (χ2v) is 23.6. The molecule has 0 saturated carbocycles. The second kappa shape index (κ2) is 8.07. The summed E-state index contributed by atoms with van der Waals surface area (Å²) in [6, 6.07) is 0. The predicted octanol–water partition coefficient (Wildman–Crippen LogP) is 7.33. The smallest absolute Gasteiger partial charge is 0.204 e. The molecule has 0 aromatic carbocycles. The minimum atomic E-state index is -2.00. The average molecular weight is 391 g/mol. The third-order valence-electron chi connectivity index (χ3n) is 7.26. The highest BCUT2D eigenvalue weighted by atomic mass is 28.4. The van der Waals surface area contributed by atoms with Crippen LogP contribution in [0.15, 0.2) is 0 Å². The van der Waals surface area contributed by atoms with Crippen LogP contribution in [0.25, 0.3) is 0 Å². The lowest BCUT2D eigenvalue weighted by atomic mass is 10.1. The highest BCUT2D eigenvalue weighted by molar-refractivity contribution is 6.87. The third-order valence-corrected chi connectivity index (χ3v) is 22.0. The minimum Gasteiger partial charge on any atom is -0.454 e. The first-order chi connectivity index (χ1) is 10.5. The van der Waals surface area contributed by atoms with Crippen LogP contribution in [0.1, 0.15) is 67.7 Å². The van der Waals surface area contributed by atoms with E-state index in [0.717, 1.165) is 6.42 Å². The Hall–Kier alpha value is 0.571. The molecule has 0 rings (SSSR count). The lowest BCUT2D eigenvalue weighted by molar-refractivity contribution is 0.121. The Balaban J connectivity index is 5.62. The third kappa shape index (κ3) is 5.29. The first-order valence-corrected chi connectivity index (χ1v) is 18.7. The summed E-state index contributed by atoms with van der Waals surface area (Å²) in [4.78, 5) is 0. The monoisotopic (exact) mass is 390 g/mol. The predicted molar refractivity (Wildman–Crippen MR) is 117 cm³/mol. The Kier molecular flexibility index (Phi) is 8.26. The van der Waals surface area contributed by atoms with Gasteiger partial charge in [0.25, 0.3) is 0 Å². The number of hydrogen-bond donors (Lipinski definition) is 0. The van der Waals surface area contributed by atoms with Gasteiger partial charge in [-0.15, -0.1) is 0 Å². The topological polar surface area (TPSA) is 18.5 Å². The maximum atomic E-state index is 7.05. The van der Waals surface area contributed by atoms with E-state index in [0.29, 0.717) is 5.54 Å². The fraction of sp³-hybridized carbons (Fsp3) is 1.00. The largest absolute Gasteiger partial charge is 0.454 e. The van der Waals surface area contributed by atoms with Gasteiger partial charge >= 0.3 is 0 Å². The molecule has 0 aliphatic carbocycles. The van der Waals surface area contributed by atoms with Gasteiger partial charge in [-0.25, -0.2) is 0 Å². The molecule has 0 heterocycles. The maximum absolute atomic E-state index is 7.05. The zero-order valence-corrected chi connectivity index (χ0v) is 22.0. The molecule has 2 nitrogen and oxygen atoms in total. The Bertz CT molecular complexity index is 405. The van der Waals surface area contributed by atoms with E-state index in [-0.39, 0.29) is 10.3 Å². The van der Waals surface area contributed by atoms with Gasteiger partial charge in [0.1, 0.15) is 0 Å². The van der Waals surface area contributed by atoms with E-state index in [2.05, 4.69) is 87.7 Å². The van der Waals surface area contributed by atoms with E-state index in [9.17, 15) is 0 Å². The molecule has 24 heavy (non-hydrogen) atoms. The molecule has 0 aliphatic rings. The van der Waals surface area contributed by atoms with Crippen molar-refractivity contribution in [1.29, 1.82) is 0 Å². The van der Waals surface area contributed by atoms with Crippen molar-refractivity contribution in [2.45, 2.75) is 123 Å². The van der Waals surface area contributed by atoms with Crippen molar-refractivity contribution >= 4 is 25.0 Å². The Morgan fingerprint density at radius 3 is 1.58 bits per heavy atom. The minimum absolute atomic E-state index is 0.118. The molecule has 0 aromatic heterocycles. The lowest BCUT2D eigenvalue weighted by Crippen LogP contribution is -2.65. The molecule has 0 fully saturated rings. The van der Waals surface area contributed by atoms with Crippen molar-refractivity contribution in [2.24, 2.45) is 0 Å². The fourth-order valence-electron chi connectivity index (χ4n) is 3.11. The van der Waals surface area contributed by atoms with Gasteiger partial charge in [-0.05, 0) is 63.2 Å². The zero-order valence-electron chi connectivity index (χ0n) is 19.0. The summed E-state index contributed by atoms with van der Waals surface area (Å²) in [7, 11) is -5.54. The molecule has 0 spiro atoms. The Morgan fingerprint density at radius 1 is 0.792 bits per heavy atom. The van der Waals surface area contributed by atoms with E-state index in [1.807, 2.05) is 0 Å². The summed E-state index contributed by atoms with van der Waals surface area (Å²) in [5.74, 6) is 0. The molecule has 5 heteroatoms. The second-order valence-electron chi connectivity index (χ2n) is 9.96. The molecule has 0 radical (unpaired) electrons. The van der Waals surface area contributed by atoms with Gasteiger partial charge < -0.3 is 8.54 Å². The van der Waals surface area contributed by atoms with Crippen LogP contribution >= 0.6 is 0 Å². The van der Waals surface area contributed by atoms with Crippen LogP contribution < -0.4 is 0 Å². The molecule has 0 bridgehead atoms. The molecule has 0 N–H and O–H groups in total. The zero-order chi connectivity index (χ0) is 19.6. The number of rotatable bonds is 10. The van der Waals surface area contributed by atoms with E-state index >= 15 is 0 Å². The highest BCUT2D eigenvalue weighted by Crippen LogP contribution is 2.46. The summed E-state index contributed by atoms with van der Waals surface area (Å²) in [5.41, 5.74) is 0.683. The number of hydrogen-bond acceptors (Lipinski definition) is 2. The van der Waals surface area contributed by atoms with Crippen LogP contribution in [-0.2, 0) is 8.54 Å². The Morgan fingerprint density at radius 2 is 1.25 bits per heavy atom. The summed E-state index contributed by atoms with van der Waals surface area (Å²) in [6.45, 7) is 30.7. The van der Waals surface area contributed by atoms with Crippen molar-refractivity contribution in [2.75, 3.05) is 0 Å². The van der Waals surface area contributed by atoms with E-state index in [1.54, 1.807) is 0 Å². The van der Waals surface area contributed by atoms with Crippen molar-refractivity contribution < 1.29 is 8.54 Å². The van der Waals surface area contributed by atoms with Gasteiger partial charge in [-0.1, -0.05) is 54.4 Å². The van der Waals surface area contributed by atoms with Crippen molar-refractivity contribution in [1.82, 2.24) is 0 Å². The molecule has 0 amide bonds. The average Bonchev–Trinajstić information content (AvgIpc) is 2.44. The molecule has 2 atom stereocenters. The van der Waals surface area contributed by atoms with Gasteiger partial charge in [0.05, 0.1) is 5.22 Å². The van der Waals surface area contributed by atoms with E-state index < -0.39 is 25.0 Å². The molecule has 0 aliphatic heterocycles. The molecule has 0 aromatic rings. The van der Waals surface area contributed by atoms with E-state index in [4.69, 9.17) is 8.54 Å². The quantitative estimate of drug-likeness (QED) is 0.363. The summed E-state index contributed by atoms with van der Waals surface area (Å²) in [5, 5.41) is 0.157. The van der Waals surface area contributed by atoms with Crippen LogP contribution in [0.5, 0.6) is 0 Å². The van der Waals surface area contributed by atoms with Crippen LogP contribution in [0, 0.1) is 0 Å². The molecular formula is C19H46O2Si3. The molecular weight excluding hydrogens is 344 g/mol. The van der Waals surface area contributed by atoms with Gasteiger partial charge in [0, 0.05) is 0 Å². The lowest BCUT2D eigenvalue weighted by Gasteiger charge is -2.52. The van der Waals surface area contributed by atoms with Gasteiger partial charge in [-0.2, -0.15) is 0 Å². The first-order valence-electron chi connectivity index (χ1n) is 9.92. The van der Waals surface area contributed by atoms with Crippen LogP contribution in [0.3, 0.4) is 0 Å². The van der Waals surface area contributed by atoms with Crippen molar-refractivity contribution in [3.05, 3.63) is 0 Å². The fourth-order valence-corrected chi connectivity index (χ4v) is 16.0. The maximum Gasteiger partial charge on any atom is 0.204 e. The summed E-state index contributed by atoms with van der Waals surface area (Å²) in [6.07, 6.45) is 3.41. The van der Waals surface area contributed by atoms with Crippen molar-refractivity contribution in [3.63, 3.8) is 0 Å². The van der Waals surface area contributed by atoms with Crippen LogP contribution in [0.4, 0.5) is 0 Å². The van der Waals surface area contributed by atoms with Gasteiger partial charge in [-0.3, -0.25) is 0 Å². The Labute approximate surface area is 156 Å². The first kappa shape index (κ1) is 24.6. The van der Waals surface area contributed by atoms with Crippen LogP contribution in [-0.4, -0.2) is 30.2 Å². The summed E-state index contributed by atoms with van der Waals surface area (Å²) < 4.78 is 14.1. The highest BCUT2D eigenvalue weighted by Gasteiger charge is 2.53. The SMILES string of the molecule is CCC(C)[Si](C)(C)O[Si](C)(C)C(C)(CC)O[Si](C)(C)C(C)(C)CC. The molecule has 146 valence electrons. The van der Waals surface area contributed by atoms with Crippen LogP contribution in [0.2, 0.25) is 49.9 Å².